The summed E-state index contributed by atoms with van der Waals surface area (Å²) in [6.45, 7) is 11.0. The third kappa shape index (κ3) is 26.3. The first-order chi connectivity index (χ1) is 50.9. The lowest BCUT2D eigenvalue weighted by Crippen LogP contribution is -2.31. The van der Waals surface area contributed by atoms with E-state index in [1.807, 2.05) is 14.0 Å². The van der Waals surface area contributed by atoms with Crippen LogP contribution >= 0.6 is 45.3 Å². The van der Waals surface area contributed by atoms with Crippen molar-refractivity contribution in [3.63, 3.8) is 0 Å². The molecule has 9 heterocycles. The number of ketones is 3. The van der Waals surface area contributed by atoms with E-state index in [9.17, 15) is 63.1 Å². The Kier molecular flexibility index (Phi) is 30.2. The maximum absolute atomic E-state index is 13.4. The van der Waals surface area contributed by atoms with Crippen LogP contribution < -0.4 is 24.5 Å². The molecule has 0 aromatic carbocycles. The number of rotatable bonds is 27. The molecule has 107 heavy (non-hydrogen) atoms. The molecular weight excluding hydrogens is 1490 g/mol. The summed E-state index contributed by atoms with van der Waals surface area (Å²) in [6, 6.07) is 2.45. The van der Waals surface area contributed by atoms with Gasteiger partial charge in [0.05, 0.1) is 41.6 Å². The number of alkyl halides is 9. The summed E-state index contributed by atoms with van der Waals surface area (Å²) in [5, 5.41) is 14.2. The molecule has 0 N–H and O–H groups in total. The molecule has 0 saturated heterocycles. The molecule has 3 aliphatic heterocycles. The van der Waals surface area contributed by atoms with Gasteiger partial charge in [0.2, 0.25) is 0 Å². The molecule has 0 spiro atoms. The lowest BCUT2D eigenvalue weighted by Gasteiger charge is -2.30. The zero-order chi connectivity index (χ0) is 76.6. The monoisotopic (exact) mass is 1590 g/mol. The molecule has 19 nitrogen and oxygen atoms in total. The molecule has 12 rings (SSSR count). The second kappa shape index (κ2) is 38.8. The highest BCUT2D eigenvalue weighted by atomic mass is 32.1. The third-order valence-corrected chi connectivity index (χ3v) is 25.6. The molecule has 592 valence electrons. The van der Waals surface area contributed by atoms with Gasteiger partial charge in [0, 0.05) is 107 Å². The summed E-state index contributed by atoms with van der Waals surface area (Å²) in [5.41, 5.74) is 2.09. The lowest BCUT2D eigenvalue weighted by molar-refractivity contribution is -0.189. The first-order valence-corrected chi connectivity index (χ1v) is 40.8. The summed E-state index contributed by atoms with van der Waals surface area (Å²) in [6.07, 6.45) is 9.64. The van der Waals surface area contributed by atoms with E-state index in [1.165, 1.54) is 71.3 Å². The Morgan fingerprint density at radius 3 is 1.38 bits per heavy atom. The van der Waals surface area contributed by atoms with E-state index in [4.69, 9.17) is 18.9 Å². The van der Waals surface area contributed by atoms with Gasteiger partial charge in [-0.15, -0.1) is 21.5 Å². The van der Waals surface area contributed by atoms with Gasteiger partial charge in [-0.3, -0.25) is 23.9 Å². The van der Waals surface area contributed by atoms with Crippen LogP contribution in [0.3, 0.4) is 0 Å². The average Bonchev–Trinajstić information content (AvgIpc) is 1.63. The number of carbonyl (C=O) groups is 3. The van der Waals surface area contributed by atoms with Gasteiger partial charge >= 0.3 is 18.5 Å². The van der Waals surface area contributed by atoms with Crippen LogP contribution in [0.2, 0.25) is 0 Å². The number of halogens is 10. The molecule has 0 radical (unpaired) electrons. The number of aryl methyl sites for hydroxylation is 2. The molecule has 3 aliphatic carbocycles. The summed E-state index contributed by atoms with van der Waals surface area (Å²) in [7, 11) is 3.24. The zero-order valence-electron chi connectivity index (χ0n) is 61.5. The second-order valence-electron chi connectivity index (χ2n) is 29.7. The van der Waals surface area contributed by atoms with Crippen molar-refractivity contribution >= 4 is 62.7 Å². The predicted octanol–water partition coefficient (Wildman–Crippen LogP) is 15.1. The van der Waals surface area contributed by atoms with Crippen LogP contribution in [0.4, 0.5) is 43.9 Å². The van der Waals surface area contributed by atoms with Crippen molar-refractivity contribution in [3.8, 4) is 21.3 Å². The van der Waals surface area contributed by atoms with Crippen molar-refractivity contribution in [2.24, 2.45) is 49.6 Å². The van der Waals surface area contributed by atoms with E-state index in [0.29, 0.717) is 67.4 Å². The van der Waals surface area contributed by atoms with Gasteiger partial charge in [-0.05, 0) is 165 Å². The van der Waals surface area contributed by atoms with Gasteiger partial charge in [0.1, 0.15) is 22.4 Å². The number of carbonyl (C=O) groups excluding carboxylic acids is 3. The summed E-state index contributed by atoms with van der Waals surface area (Å²) in [5.74, 6) is 3.28. The number of ether oxygens (including phenoxy) is 4. The van der Waals surface area contributed by atoms with Gasteiger partial charge in [-0.1, -0.05) is 72.5 Å². The molecule has 2 atom stereocenters. The van der Waals surface area contributed by atoms with Crippen LogP contribution in [-0.2, 0) is 68.6 Å². The molecule has 6 aliphatic rings. The smallest absolute Gasteiger partial charge is 0.425 e. The van der Waals surface area contributed by atoms with Crippen LogP contribution in [0.15, 0.2) is 29.3 Å². The summed E-state index contributed by atoms with van der Waals surface area (Å²) in [4.78, 5) is 72.5. The minimum absolute atomic E-state index is 0.0997. The number of thiazole rings is 3. The highest BCUT2D eigenvalue weighted by Gasteiger charge is 2.41. The van der Waals surface area contributed by atoms with Gasteiger partial charge in [0.15, 0.2) is 41.9 Å². The van der Waals surface area contributed by atoms with Crippen molar-refractivity contribution in [2.45, 2.75) is 212 Å². The van der Waals surface area contributed by atoms with E-state index in [1.54, 1.807) is 17.1 Å². The molecule has 6 aromatic heterocycles. The van der Waals surface area contributed by atoms with Gasteiger partial charge in [-0.25, -0.2) is 19.3 Å². The van der Waals surface area contributed by atoms with Crippen LogP contribution in [0.1, 0.15) is 182 Å². The summed E-state index contributed by atoms with van der Waals surface area (Å²) >= 11 is 5.22. The molecule has 2 unspecified atom stereocenters. The van der Waals surface area contributed by atoms with E-state index in [-0.39, 0.29) is 51.1 Å². The first kappa shape index (κ1) is 83.5. The molecule has 33 heteroatoms. The molecule has 0 bridgehead atoms. The van der Waals surface area contributed by atoms with E-state index >= 15 is 0 Å². The number of aromatic nitrogens is 8. The number of pyridine rings is 1. The molecule has 0 amide bonds. The van der Waals surface area contributed by atoms with Crippen molar-refractivity contribution < 1.29 is 77.2 Å². The Labute approximate surface area is 633 Å². The minimum Gasteiger partial charge on any atom is -0.483 e. The highest BCUT2D eigenvalue weighted by molar-refractivity contribution is 7.14. The van der Waals surface area contributed by atoms with Gasteiger partial charge in [-0.2, -0.15) is 44.6 Å². The molecular formula is C74H99F10N11O8S4. The zero-order valence-corrected chi connectivity index (χ0v) is 64.7. The fourth-order valence-electron chi connectivity index (χ4n) is 15.1. The van der Waals surface area contributed by atoms with Crippen LogP contribution in [-0.4, -0.2) is 174 Å². The van der Waals surface area contributed by atoms with Gasteiger partial charge < -0.3 is 38.2 Å². The van der Waals surface area contributed by atoms with Crippen molar-refractivity contribution in [3.05, 3.63) is 88.1 Å². The predicted molar refractivity (Wildman–Crippen MR) is 389 cm³/mol. The molecule has 6 aromatic rings. The third-order valence-electron chi connectivity index (χ3n) is 21.6. The van der Waals surface area contributed by atoms with Crippen molar-refractivity contribution in [2.75, 3.05) is 72.1 Å². The van der Waals surface area contributed by atoms with Crippen LogP contribution in [0.5, 0.6) is 21.3 Å². The van der Waals surface area contributed by atoms with E-state index < -0.39 is 48.7 Å². The first-order valence-electron chi connectivity index (χ1n) is 37.5. The Balaban J connectivity index is 0.000000172. The Bertz CT molecular complexity index is 3810. The normalized spacial score (nSPS) is 21.9. The summed E-state index contributed by atoms with van der Waals surface area (Å²) < 4.78 is 150. The Morgan fingerprint density at radius 2 is 0.963 bits per heavy atom. The molecule has 3 fully saturated rings. The maximum atomic E-state index is 13.4. The SMILES string of the molecule is CC(Oc1nc2c(s1)CCN(CCC1CCC(CC(=O)COc3cnn(C)c3)CC1)CC2)C(F)(F)F.Cc1nnc(CC(=O)CC2CCC(CCN3CCc4nc(OC(C)C(F)(F)F)sc4CC3)CC2)s1.Cn1c(C(=O)CC2CCC(CCN3CCc4nc(OCC(F)(F)F)sc4CC3)CC2)ccc(F)c1=O. The fraction of sp³-hybridized carbons (Fsp3) is 0.703. The topological polar surface area (TPSA) is 202 Å². The van der Waals surface area contributed by atoms with Crippen molar-refractivity contribution in [1.82, 2.24) is 54.2 Å². The highest BCUT2D eigenvalue weighted by Crippen LogP contribution is 2.39. The number of hydrogen-bond acceptors (Lipinski definition) is 21. The van der Waals surface area contributed by atoms with E-state index in [2.05, 4.69) is 44.9 Å². The minimum atomic E-state index is -4.39. The quantitative estimate of drug-likeness (QED) is 0.0348. The Hall–Kier alpha value is -6.00. The number of hydrogen-bond donors (Lipinski definition) is 0. The van der Waals surface area contributed by atoms with Crippen LogP contribution in [0, 0.1) is 48.2 Å². The average molecular weight is 1590 g/mol. The number of fused-ring (bicyclic) bond motifs is 3. The fourth-order valence-corrected chi connectivity index (χ4v) is 18.8. The largest absolute Gasteiger partial charge is 0.483 e. The van der Waals surface area contributed by atoms with Gasteiger partial charge in [0.25, 0.3) is 21.1 Å². The van der Waals surface area contributed by atoms with Crippen LogP contribution in [0.25, 0.3) is 0 Å². The Morgan fingerprint density at radius 1 is 0.542 bits per heavy atom. The maximum Gasteiger partial charge on any atom is 0.425 e. The van der Waals surface area contributed by atoms with E-state index in [0.717, 1.165) is 241 Å². The number of Topliss-reactive ketones (excluding diaryl/α,β-unsaturated/α-hetero) is 3. The lowest BCUT2D eigenvalue weighted by atomic mass is 9.78. The number of nitrogens with zero attached hydrogens (tertiary/aromatic N) is 11. The molecule has 3 saturated carbocycles. The van der Waals surface area contributed by atoms with Crippen molar-refractivity contribution in [1.29, 1.82) is 0 Å². The standard InChI is InChI=1S/C25H31F4N3O3S.C25H35F3N4O3S.C24H33F3N4O2S2/c1-31-20(7-6-18(26)23(31)34)21(33)14-17-4-2-16(3-5-17)8-11-32-12-9-19-22(10-13-32)36-24(30-19)35-15-25(27,28)29;1-17(25(26,27)28)35-24-30-22-8-11-32(12-9-23(22)36-24)10-7-18-3-5-19(6-4-18)13-20(33)16-34-21-14-29-31(2)15-21;1-15(24(25,26)27)33-23-28-20-8-11-31(12-9-21(20)35-23)10-7-17-3-5-18(6-4-17)13-19(32)14-22-30-29-16(2)34-22/h6-7,16-17H,2-5,8-15H2,1H3;14-15,17-19H,3-13,16H2,1-2H3;15,17-18H,3-14H2,1-2H3. The second-order valence-corrected chi connectivity index (χ2v) is 34.1.